The molecule has 0 unspecified atom stereocenters. The average Bonchev–Trinajstić information content (AvgIpc) is 2.52. The van der Waals surface area contributed by atoms with E-state index in [1.165, 1.54) is 13.2 Å². The van der Waals surface area contributed by atoms with Gasteiger partial charge >= 0.3 is 0 Å². The summed E-state index contributed by atoms with van der Waals surface area (Å²) >= 11 is 0. The largest absolute Gasteiger partial charge is 0.473 e. The second kappa shape index (κ2) is 7.33. The average molecular weight is 291 g/mol. The second-order valence-corrected chi connectivity index (χ2v) is 4.37. The highest BCUT2D eigenvalue weighted by Gasteiger charge is 2.11. The standard InChI is InChI=1S/C15H16FN2O3/c1-20-18(19)9-7-13-6-5-12(10-14(13)16)11-21-15-4-2-3-8-17-15/h2-6,8,10H,7,9,11H2,1H3/q+1. The molecule has 0 spiro atoms. The Morgan fingerprint density at radius 2 is 2.14 bits per heavy atom. The Kier molecular flexibility index (Phi) is 5.20. The fourth-order valence-electron chi connectivity index (χ4n) is 1.78. The monoisotopic (exact) mass is 291 g/mol. The van der Waals surface area contributed by atoms with Crippen molar-refractivity contribution in [2.24, 2.45) is 0 Å². The maximum Gasteiger partial charge on any atom is 0.252 e. The zero-order valence-electron chi connectivity index (χ0n) is 11.7. The first-order chi connectivity index (χ1) is 10.2. The van der Waals surface area contributed by atoms with Crippen LogP contribution >= 0.6 is 0 Å². The maximum absolute atomic E-state index is 13.9. The lowest BCUT2D eigenvalue weighted by Crippen LogP contribution is -2.11. The fourth-order valence-corrected chi connectivity index (χ4v) is 1.78. The lowest BCUT2D eigenvalue weighted by atomic mass is 10.1. The van der Waals surface area contributed by atoms with E-state index in [9.17, 15) is 9.30 Å². The molecule has 5 nitrogen and oxygen atoms in total. The molecule has 1 aromatic carbocycles. The molecule has 0 saturated carbocycles. The third-order valence-electron chi connectivity index (χ3n) is 2.91. The molecule has 1 heterocycles. The summed E-state index contributed by atoms with van der Waals surface area (Å²) in [7, 11) is 1.28. The topological polar surface area (TPSA) is 51.4 Å². The Hall–Kier alpha value is -2.50. The van der Waals surface area contributed by atoms with Gasteiger partial charge in [0.25, 0.3) is 6.54 Å². The molecule has 0 saturated heterocycles. The Morgan fingerprint density at radius 1 is 1.29 bits per heavy atom. The molecule has 0 radical (unpaired) electrons. The van der Waals surface area contributed by atoms with Crippen LogP contribution in [0.25, 0.3) is 0 Å². The SMILES string of the molecule is CO[N+](=O)CCc1ccc(COc2ccccn2)cc1F. The number of aromatic nitrogens is 1. The molecule has 1 aromatic heterocycles. The van der Waals surface area contributed by atoms with Crippen molar-refractivity contribution in [3.8, 4) is 5.88 Å². The van der Waals surface area contributed by atoms with Crippen LogP contribution in [-0.4, -0.2) is 23.6 Å². The molecule has 0 fully saturated rings. The van der Waals surface area contributed by atoms with Crippen molar-refractivity contribution in [1.82, 2.24) is 4.98 Å². The zero-order chi connectivity index (χ0) is 15.1. The smallest absolute Gasteiger partial charge is 0.252 e. The Labute approximate surface area is 121 Å². The molecule has 2 rings (SSSR count). The molecule has 0 aliphatic carbocycles. The van der Waals surface area contributed by atoms with Gasteiger partial charge in [0.15, 0.2) is 7.11 Å². The molecular weight excluding hydrogens is 275 g/mol. The van der Waals surface area contributed by atoms with Crippen LogP contribution in [-0.2, 0) is 17.9 Å². The first-order valence-corrected chi connectivity index (χ1v) is 6.49. The third-order valence-corrected chi connectivity index (χ3v) is 2.91. The van der Waals surface area contributed by atoms with Crippen LogP contribution < -0.4 is 4.74 Å². The lowest BCUT2D eigenvalue weighted by molar-refractivity contribution is -0.795. The molecular formula is C15H16FN2O3+. The van der Waals surface area contributed by atoms with Gasteiger partial charge in [0.05, 0.1) is 4.91 Å². The van der Waals surface area contributed by atoms with Crippen LogP contribution in [0.5, 0.6) is 5.88 Å². The van der Waals surface area contributed by atoms with Crippen LogP contribution in [0.15, 0.2) is 42.6 Å². The summed E-state index contributed by atoms with van der Waals surface area (Å²) in [4.78, 5) is 19.9. The minimum atomic E-state index is -0.360. The molecule has 0 amide bonds. The van der Waals surface area contributed by atoms with E-state index in [0.717, 1.165) is 0 Å². The number of hydrogen-bond acceptors (Lipinski definition) is 4. The van der Waals surface area contributed by atoms with Gasteiger partial charge in [-0.1, -0.05) is 18.2 Å². The number of ether oxygens (including phenoxy) is 1. The normalized spacial score (nSPS) is 10.2. The molecule has 2 aromatic rings. The number of rotatable bonds is 7. The molecule has 110 valence electrons. The van der Waals surface area contributed by atoms with E-state index in [1.807, 2.05) is 6.07 Å². The quantitative estimate of drug-likeness (QED) is 0.736. The van der Waals surface area contributed by atoms with Gasteiger partial charge in [-0.15, -0.1) is 0 Å². The second-order valence-electron chi connectivity index (χ2n) is 4.37. The van der Waals surface area contributed by atoms with Crippen molar-refractivity contribution >= 4 is 0 Å². The predicted octanol–water partition coefficient (Wildman–Crippen LogP) is 2.68. The number of hydrogen-bond donors (Lipinski definition) is 0. The summed E-state index contributed by atoms with van der Waals surface area (Å²) in [5.74, 6) is 0.130. The van der Waals surface area contributed by atoms with E-state index in [2.05, 4.69) is 9.82 Å². The van der Waals surface area contributed by atoms with Crippen molar-refractivity contribution in [3.63, 3.8) is 0 Å². The Bertz CT molecular complexity index is 605. The Morgan fingerprint density at radius 3 is 2.81 bits per heavy atom. The van der Waals surface area contributed by atoms with E-state index in [0.29, 0.717) is 21.9 Å². The van der Waals surface area contributed by atoms with Crippen LogP contribution in [0.2, 0.25) is 0 Å². The lowest BCUT2D eigenvalue weighted by Gasteiger charge is -2.06. The molecule has 0 bridgehead atoms. The predicted molar refractivity (Wildman–Crippen MR) is 74.2 cm³/mol. The van der Waals surface area contributed by atoms with Crippen molar-refractivity contribution in [2.75, 3.05) is 13.7 Å². The summed E-state index contributed by atoms with van der Waals surface area (Å²) in [6, 6.07) is 10.2. The van der Waals surface area contributed by atoms with Crippen LogP contribution in [0.4, 0.5) is 4.39 Å². The van der Waals surface area contributed by atoms with Crippen LogP contribution in [0.3, 0.4) is 0 Å². The summed E-state index contributed by atoms with van der Waals surface area (Å²) in [5, 5.41) is 0. The molecule has 0 atom stereocenters. The minimum Gasteiger partial charge on any atom is -0.473 e. The molecule has 6 heteroatoms. The van der Waals surface area contributed by atoms with Gasteiger partial charge in [0, 0.05) is 18.7 Å². The first kappa shape index (κ1) is 14.9. The van der Waals surface area contributed by atoms with Gasteiger partial charge in [-0.3, -0.25) is 0 Å². The van der Waals surface area contributed by atoms with Crippen LogP contribution in [0.1, 0.15) is 11.1 Å². The van der Waals surface area contributed by atoms with E-state index < -0.39 is 0 Å². The van der Waals surface area contributed by atoms with E-state index in [-0.39, 0.29) is 25.4 Å². The highest BCUT2D eigenvalue weighted by Crippen LogP contribution is 2.14. The molecule has 0 N–H and O–H groups in total. The van der Waals surface area contributed by atoms with E-state index in [4.69, 9.17) is 4.74 Å². The summed E-state index contributed by atoms with van der Waals surface area (Å²) in [6.45, 7) is 0.317. The fraction of sp³-hybridized carbons (Fsp3) is 0.267. The highest BCUT2D eigenvalue weighted by atomic mass is 19.1. The number of halogens is 1. The summed E-state index contributed by atoms with van der Waals surface area (Å²) in [6.07, 6.45) is 1.91. The molecule has 21 heavy (non-hydrogen) atoms. The third kappa shape index (κ3) is 4.52. The zero-order valence-corrected chi connectivity index (χ0v) is 11.7. The minimum absolute atomic E-state index is 0.0806. The van der Waals surface area contributed by atoms with E-state index >= 15 is 0 Å². The number of nitrogens with zero attached hydrogens (tertiary/aromatic N) is 2. The summed E-state index contributed by atoms with van der Waals surface area (Å²) < 4.78 is 19.3. The number of pyridine rings is 1. The van der Waals surface area contributed by atoms with E-state index in [1.54, 1.807) is 30.5 Å². The van der Waals surface area contributed by atoms with Crippen molar-refractivity contribution in [1.29, 1.82) is 0 Å². The maximum atomic E-state index is 13.9. The molecule has 0 aliphatic rings. The van der Waals surface area contributed by atoms with Gasteiger partial charge in [-0.2, -0.15) is 0 Å². The van der Waals surface area contributed by atoms with Gasteiger partial charge in [-0.05, 0) is 23.3 Å². The van der Waals surface area contributed by atoms with Gasteiger partial charge in [-0.25, -0.2) is 14.2 Å². The molecule has 0 aliphatic heterocycles. The first-order valence-electron chi connectivity index (χ1n) is 6.49. The van der Waals surface area contributed by atoms with Gasteiger partial charge in [0.1, 0.15) is 12.4 Å². The van der Waals surface area contributed by atoms with Gasteiger partial charge in [0.2, 0.25) is 10.8 Å². The van der Waals surface area contributed by atoms with Crippen molar-refractivity contribution in [2.45, 2.75) is 13.0 Å². The van der Waals surface area contributed by atoms with Gasteiger partial charge < -0.3 is 4.74 Å². The van der Waals surface area contributed by atoms with Crippen LogP contribution in [0, 0.1) is 10.7 Å². The summed E-state index contributed by atoms with van der Waals surface area (Å²) in [5.41, 5.74) is 1.17. The van der Waals surface area contributed by atoms with Crippen molar-refractivity contribution in [3.05, 3.63) is 64.4 Å². The highest BCUT2D eigenvalue weighted by molar-refractivity contribution is 5.24. The Balaban J connectivity index is 1.94. The van der Waals surface area contributed by atoms with Crippen molar-refractivity contribution < 1.29 is 18.9 Å². The number of benzene rings is 1.